The molecule has 1 aromatic carbocycles. The lowest BCUT2D eigenvalue weighted by atomic mass is 10.2. The van der Waals surface area contributed by atoms with Crippen molar-refractivity contribution in [1.82, 2.24) is 9.97 Å². The summed E-state index contributed by atoms with van der Waals surface area (Å²) in [5, 5.41) is 2.69. The van der Waals surface area contributed by atoms with Crippen LogP contribution in [0.4, 0.5) is 5.13 Å². The van der Waals surface area contributed by atoms with Gasteiger partial charge in [-0.1, -0.05) is 29.5 Å². The van der Waals surface area contributed by atoms with Gasteiger partial charge in [-0.2, -0.15) is 0 Å². The van der Waals surface area contributed by atoms with E-state index in [2.05, 4.69) is 11.1 Å². The number of thioether (sulfide) groups is 1. The molecule has 3 aromatic heterocycles. The first kappa shape index (κ1) is 18.9. The third-order valence-corrected chi connectivity index (χ3v) is 6.73. The molecule has 4 nitrogen and oxygen atoms in total. The Morgan fingerprint density at radius 3 is 2.89 bits per heavy atom. The SMILES string of the molecule is CSc1cccc2sc(N(Cc3cccnc3)C(=O)/C=C/c3cccs3)nc12. The number of carbonyl (C=O) groups is 1. The standard InChI is InChI=1S/C21H17N3OS3/c1-26-17-7-2-8-18-20(17)23-21(28-18)24(14-15-5-3-11-22-13-15)19(25)10-9-16-6-4-12-27-16/h2-13H,14H2,1H3/b10-9+. The number of benzene rings is 1. The van der Waals surface area contributed by atoms with E-state index in [9.17, 15) is 4.79 Å². The van der Waals surface area contributed by atoms with Crippen molar-refractivity contribution in [2.75, 3.05) is 11.2 Å². The summed E-state index contributed by atoms with van der Waals surface area (Å²) in [4.78, 5) is 25.9. The van der Waals surface area contributed by atoms with Gasteiger partial charge in [0.05, 0.1) is 16.8 Å². The molecule has 0 atom stereocenters. The molecule has 140 valence electrons. The van der Waals surface area contributed by atoms with Crippen LogP contribution in [0.2, 0.25) is 0 Å². The predicted octanol–water partition coefficient (Wildman–Crippen LogP) is 5.72. The fourth-order valence-corrected chi connectivity index (χ4v) is 4.98. The van der Waals surface area contributed by atoms with Crippen molar-refractivity contribution in [3.8, 4) is 0 Å². The van der Waals surface area contributed by atoms with Crippen molar-refractivity contribution in [3.05, 3.63) is 76.8 Å². The number of para-hydroxylation sites is 1. The highest BCUT2D eigenvalue weighted by Gasteiger charge is 2.19. The number of amides is 1. The molecule has 0 saturated heterocycles. The number of thiophene rings is 1. The Bertz CT molecular complexity index is 1100. The highest BCUT2D eigenvalue weighted by molar-refractivity contribution is 7.98. The molecule has 0 radical (unpaired) electrons. The fraction of sp³-hybridized carbons (Fsp3) is 0.0952. The predicted molar refractivity (Wildman–Crippen MR) is 120 cm³/mol. The Morgan fingerprint density at radius 1 is 1.21 bits per heavy atom. The number of pyridine rings is 1. The molecule has 0 bridgehead atoms. The van der Waals surface area contributed by atoms with Crippen molar-refractivity contribution in [1.29, 1.82) is 0 Å². The molecule has 4 aromatic rings. The molecule has 0 saturated carbocycles. The number of aromatic nitrogens is 2. The monoisotopic (exact) mass is 423 g/mol. The van der Waals surface area contributed by atoms with Crippen molar-refractivity contribution in [2.45, 2.75) is 11.4 Å². The minimum Gasteiger partial charge on any atom is -0.280 e. The number of rotatable bonds is 6. The van der Waals surface area contributed by atoms with Crippen LogP contribution >= 0.6 is 34.4 Å². The maximum absolute atomic E-state index is 13.1. The molecule has 0 aliphatic heterocycles. The summed E-state index contributed by atoms with van der Waals surface area (Å²) in [5.41, 5.74) is 1.91. The quantitative estimate of drug-likeness (QED) is 0.294. The van der Waals surface area contributed by atoms with Gasteiger partial charge in [0.1, 0.15) is 0 Å². The number of anilines is 1. The molecule has 0 unspecified atom stereocenters. The first-order valence-electron chi connectivity index (χ1n) is 8.60. The van der Waals surface area contributed by atoms with E-state index < -0.39 is 0 Å². The van der Waals surface area contributed by atoms with E-state index in [1.54, 1.807) is 46.5 Å². The van der Waals surface area contributed by atoms with Gasteiger partial charge in [0.2, 0.25) is 0 Å². The van der Waals surface area contributed by atoms with Crippen molar-refractivity contribution in [3.63, 3.8) is 0 Å². The molecular weight excluding hydrogens is 406 g/mol. The van der Waals surface area contributed by atoms with E-state index in [0.29, 0.717) is 11.7 Å². The van der Waals surface area contributed by atoms with Crippen molar-refractivity contribution < 1.29 is 4.79 Å². The first-order valence-corrected chi connectivity index (χ1v) is 11.5. The molecule has 0 aliphatic carbocycles. The fourth-order valence-electron chi connectivity index (χ4n) is 2.74. The molecular formula is C21H17N3OS3. The Morgan fingerprint density at radius 2 is 2.14 bits per heavy atom. The first-order chi connectivity index (χ1) is 13.7. The van der Waals surface area contributed by atoms with Crippen LogP contribution in [0.25, 0.3) is 16.3 Å². The molecule has 0 spiro atoms. The van der Waals surface area contributed by atoms with E-state index in [1.165, 1.54) is 11.3 Å². The van der Waals surface area contributed by atoms with Crippen molar-refractivity contribution >= 4 is 61.8 Å². The van der Waals surface area contributed by atoms with Crippen LogP contribution in [0.15, 0.2) is 71.2 Å². The van der Waals surface area contributed by atoms with Gasteiger partial charge in [-0.25, -0.2) is 4.98 Å². The zero-order valence-electron chi connectivity index (χ0n) is 15.1. The maximum Gasteiger partial charge on any atom is 0.253 e. The summed E-state index contributed by atoms with van der Waals surface area (Å²) in [6.07, 6.45) is 9.02. The molecule has 4 rings (SSSR count). The largest absolute Gasteiger partial charge is 0.280 e. The third kappa shape index (κ3) is 4.16. The second-order valence-electron chi connectivity index (χ2n) is 5.94. The Kier molecular flexibility index (Phi) is 5.85. The summed E-state index contributed by atoms with van der Waals surface area (Å²) in [6.45, 7) is 0.426. The number of nitrogens with zero attached hydrogens (tertiary/aromatic N) is 3. The van der Waals surface area contributed by atoms with E-state index in [1.807, 2.05) is 54.1 Å². The number of thiazole rings is 1. The number of carbonyl (C=O) groups excluding carboxylic acids is 1. The van der Waals surface area contributed by atoms with Crippen LogP contribution < -0.4 is 4.90 Å². The Balaban J connectivity index is 1.71. The second kappa shape index (κ2) is 8.68. The normalized spacial score (nSPS) is 11.3. The molecule has 0 N–H and O–H groups in total. The van der Waals surface area contributed by atoms with Gasteiger partial charge in [0, 0.05) is 28.2 Å². The van der Waals surface area contributed by atoms with Crippen LogP contribution in [0.5, 0.6) is 0 Å². The lowest BCUT2D eigenvalue weighted by molar-refractivity contribution is -0.114. The van der Waals surface area contributed by atoms with Gasteiger partial charge >= 0.3 is 0 Å². The summed E-state index contributed by atoms with van der Waals surface area (Å²) in [5.74, 6) is -0.0954. The van der Waals surface area contributed by atoms with Crippen LogP contribution in [0.3, 0.4) is 0 Å². The zero-order valence-corrected chi connectivity index (χ0v) is 17.6. The second-order valence-corrected chi connectivity index (χ2v) is 8.77. The van der Waals surface area contributed by atoms with E-state index >= 15 is 0 Å². The minimum absolute atomic E-state index is 0.0954. The Hall–Kier alpha value is -2.48. The Labute approximate surface area is 175 Å². The molecule has 3 heterocycles. The van der Waals surface area contributed by atoms with Gasteiger partial charge in [0.15, 0.2) is 5.13 Å². The van der Waals surface area contributed by atoms with E-state index in [0.717, 1.165) is 25.6 Å². The lowest BCUT2D eigenvalue weighted by Gasteiger charge is -2.18. The average Bonchev–Trinajstić information content (AvgIpc) is 3.40. The highest BCUT2D eigenvalue weighted by Crippen LogP contribution is 2.34. The van der Waals surface area contributed by atoms with Crippen LogP contribution in [0.1, 0.15) is 10.4 Å². The van der Waals surface area contributed by atoms with Gasteiger partial charge in [-0.05, 0) is 47.5 Å². The summed E-state index contributed by atoms with van der Waals surface area (Å²) in [7, 11) is 0. The van der Waals surface area contributed by atoms with Crippen LogP contribution in [-0.4, -0.2) is 22.1 Å². The lowest BCUT2D eigenvalue weighted by Crippen LogP contribution is -2.28. The van der Waals surface area contributed by atoms with Crippen LogP contribution in [0, 0.1) is 0 Å². The molecule has 1 amide bonds. The van der Waals surface area contributed by atoms with E-state index in [-0.39, 0.29) is 5.91 Å². The number of hydrogen-bond acceptors (Lipinski definition) is 6. The van der Waals surface area contributed by atoms with Gasteiger partial charge in [-0.15, -0.1) is 23.1 Å². The number of hydrogen-bond donors (Lipinski definition) is 0. The minimum atomic E-state index is -0.0954. The zero-order chi connectivity index (χ0) is 19.3. The van der Waals surface area contributed by atoms with Crippen molar-refractivity contribution in [2.24, 2.45) is 0 Å². The summed E-state index contributed by atoms with van der Waals surface area (Å²) < 4.78 is 1.08. The van der Waals surface area contributed by atoms with Gasteiger partial charge < -0.3 is 0 Å². The summed E-state index contributed by atoms with van der Waals surface area (Å²) >= 11 is 4.80. The van der Waals surface area contributed by atoms with Crippen LogP contribution in [-0.2, 0) is 11.3 Å². The molecule has 28 heavy (non-hydrogen) atoms. The maximum atomic E-state index is 13.1. The number of fused-ring (bicyclic) bond motifs is 1. The molecule has 0 fully saturated rings. The summed E-state index contributed by atoms with van der Waals surface area (Å²) in [6, 6.07) is 13.9. The molecule has 0 aliphatic rings. The smallest absolute Gasteiger partial charge is 0.253 e. The molecule has 7 heteroatoms. The average molecular weight is 424 g/mol. The van der Waals surface area contributed by atoms with E-state index in [4.69, 9.17) is 4.98 Å². The topological polar surface area (TPSA) is 46.1 Å². The highest BCUT2D eigenvalue weighted by atomic mass is 32.2. The van der Waals surface area contributed by atoms with Gasteiger partial charge in [-0.3, -0.25) is 14.7 Å². The third-order valence-electron chi connectivity index (χ3n) is 4.08. The van der Waals surface area contributed by atoms with Gasteiger partial charge in [0.25, 0.3) is 5.91 Å².